The lowest BCUT2D eigenvalue weighted by molar-refractivity contribution is 1.37. The van der Waals surface area contributed by atoms with Crippen molar-refractivity contribution < 1.29 is 0 Å². The molecule has 0 amide bonds. The van der Waals surface area contributed by atoms with Crippen LogP contribution in [0.3, 0.4) is 0 Å². The maximum atomic E-state index is 6.15. The summed E-state index contributed by atoms with van der Waals surface area (Å²) in [6.45, 7) is 4.12. The monoisotopic (exact) mass is 290 g/mol. The summed E-state index contributed by atoms with van der Waals surface area (Å²) >= 11 is 11.2. The molecule has 98 valence electrons. The Kier molecular flexibility index (Phi) is 4.08. The molecule has 0 saturated heterocycles. The third kappa shape index (κ3) is 3.25. The summed E-state index contributed by atoms with van der Waals surface area (Å²) in [6.07, 6.45) is 0. The highest BCUT2D eigenvalue weighted by atomic mass is 35.5. The first-order chi connectivity index (χ1) is 8.97. The number of nitrogens with two attached hydrogens (primary N) is 1. The Morgan fingerprint density at radius 1 is 1.16 bits per heavy atom. The molecule has 0 heterocycles. The molecular formula is C15H15ClN2S. The molecular weight excluding hydrogens is 276 g/mol. The topological polar surface area (TPSA) is 38.0 Å². The summed E-state index contributed by atoms with van der Waals surface area (Å²) in [6, 6.07) is 11.8. The van der Waals surface area contributed by atoms with E-state index in [1.54, 1.807) is 6.07 Å². The van der Waals surface area contributed by atoms with Gasteiger partial charge in [-0.2, -0.15) is 0 Å². The number of hydrogen-bond donors (Lipinski definition) is 2. The summed E-state index contributed by atoms with van der Waals surface area (Å²) in [5.74, 6) is 0. The van der Waals surface area contributed by atoms with Gasteiger partial charge in [-0.15, -0.1) is 0 Å². The SMILES string of the molecule is Cc1cc(C)cc(Nc2cccc(Cl)c2C(N)=S)c1. The van der Waals surface area contributed by atoms with Crippen LogP contribution in [0.25, 0.3) is 0 Å². The number of nitrogens with one attached hydrogen (secondary N) is 1. The van der Waals surface area contributed by atoms with E-state index in [9.17, 15) is 0 Å². The van der Waals surface area contributed by atoms with Gasteiger partial charge in [-0.25, -0.2) is 0 Å². The van der Waals surface area contributed by atoms with Crippen molar-refractivity contribution in [2.75, 3.05) is 5.32 Å². The van der Waals surface area contributed by atoms with Gasteiger partial charge in [0.05, 0.1) is 16.3 Å². The summed E-state index contributed by atoms with van der Waals surface area (Å²) in [4.78, 5) is 0.289. The zero-order valence-electron chi connectivity index (χ0n) is 10.8. The number of thiocarbonyl (C=S) groups is 1. The minimum atomic E-state index is 0.289. The van der Waals surface area contributed by atoms with Gasteiger partial charge in [-0.3, -0.25) is 0 Å². The second kappa shape index (κ2) is 5.59. The molecule has 0 atom stereocenters. The van der Waals surface area contributed by atoms with Crippen LogP contribution in [0.1, 0.15) is 16.7 Å². The molecule has 3 N–H and O–H groups in total. The smallest absolute Gasteiger partial charge is 0.107 e. The average molecular weight is 291 g/mol. The molecule has 0 unspecified atom stereocenters. The van der Waals surface area contributed by atoms with E-state index in [1.807, 2.05) is 12.1 Å². The molecule has 2 aromatic carbocycles. The normalized spacial score (nSPS) is 10.3. The van der Waals surface area contributed by atoms with Gasteiger partial charge in [0.1, 0.15) is 4.99 Å². The average Bonchev–Trinajstić information content (AvgIpc) is 2.26. The third-order valence-corrected chi connectivity index (χ3v) is 3.28. The van der Waals surface area contributed by atoms with Crippen LogP contribution in [-0.4, -0.2) is 4.99 Å². The molecule has 0 aromatic heterocycles. The predicted octanol–water partition coefficient (Wildman–Crippen LogP) is 4.33. The standard InChI is InChI=1S/C15H15ClN2S/c1-9-6-10(2)8-11(7-9)18-13-5-3-4-12(16)14(13)15(17)19/h3-8,18H,1-2H3,(H2,17,19). The van der Waals surface area contributed by atoms with Gasteiger partial charge in [-0.05, 0) is 49.2 Å². The maximum Gasteiger partial charge on any atom is 0.107 e. The second-order valence-corrected chi connectivity index (χ2v) is 5.38. The van der Waals surface area contributed by atoms with Crippen LogP contribution in [0.5, 0.6) is 0 Å². The molecule has 4 heteroatoms. The fourth-order valence-corrected chi connectivity index (χ4v) is 2.63. The van der Waals surface area contributed by atoms with Gasteiger partial charge < -0.3 is 11.1 Å². The summed E-state index contributed by atoms with van der Waals surface area (Å²) in [5.41, 5.74) is 10.6. The van der Waals surface area contributed by atoms with E-state index in [-0.39, 0.29) is 4.99 Å². The van der Waals surface area contributed by atoms with Gasteiger partial charge in [0.25, 0.3) is 0 Å². The van der Waals surface area contributed by atoms with Gasteiger partial charge in [-0.1, -0.05) is 36.0 Å². The summed E-state index contributed by atoms with van der Waals surface area (Å²) < 4.78 is 0. The third-order valence-electron chi connectivity index (χ3n) is 2.76. The van der Waals surface area contributed by atoms with E-state index in [2.05, 4.69) is 37.4 Å². The lowest BCUT2D eigenvalue weighted by Crippen LogP contribution is -2.12. The molecule has 19 heavy (non-hydrogen) atoms. The molecule has 0 aliphatic heterocycles. The number of benzene rings is 2. The molecule has 2 nitrogen and oxygen atoms in total. The van der Waals surface area contributed by atoms with Crippen LogP contribution in [0.15, 0.2) is 36.4 Å². The van der Waals surface area contributed by atoms with Crippen molar-refractivity contribution >= 4 is 40.2 Å². The van der Waals surface area contributed by atoms with Gasteiger partial charge in [0.2, 0.25) is 0 Å². The van der Waals surface area contributed by atoms with E-state index >= 15 is 0 Å². The Bertz CT molecular complexity index is 618. The van der Waals surface area contributed by atoms with Crippen molar-refractivity contribution in [2.24, 2.45) is 5.73 Å². The van der Waals surface area contributed by atoms with Crippen molar-refractivity contribution in [3.05, 3.63) is 58.1 Å². The fraction of sp³-hybridized carbons (Fsp3) is 0.133. The van der Waals surface area contributed by atoms with Crippen LogP contribution >= 0.6 is 23.8 Å². The zero-order valence-corrected chi connectivity index (χ0v) is 12.4. The first kappa shape index (κ1) is 13.8. The first-order valence-electron chi connectivity index (χ1n) is 5.91. The Morgan fingerprint density at radius 2 is 1.79 bits per heavy atom. The second-order valence-electron chi connectivity index (χ2n) is 4.53. The van der Waals surface area contributed by atoms with Crippen LogP contribution < -0.4 is 11.1 Å². The zero-order chi connectivity index (χ0) is 14.0. The lowest BCUT2D eigenvalue weighted by atomic mass is 10.1. The maximum absolute atomic E-state index is 6.15. The molecule has 2 rings (SSSR count). The van der Waals surface area contributed by atoms with Crippen molar-refractivity contribution in [1.82, 2.24) is 0 Å². The predicted molar refractivity (Wildman–Crippen MR) is 86.5 cm³/mol. The molecule has 0 radical (unpaired) electrons. The largest absolute Gasteiger partial charge is 0.389 e. The number of aryl methyl sites for hydroxylation is 2. The molecule has 0 spiro atoms. The van der Waals surface area contributed by atoms with Crippen molar-refractivity contribution in [3.8, 4) is 0 Å². The Hall–Kier alpha value is -1.58. The minimum absolute atomic E-state index is 0.289. The molecule has 0 bridgehead atoms. The van der Waals surface area contributed by atoms with Crippen LogP contribution in [0.2, 0.25) is 5.02 Å². The van der Waals surface area contributed by atoms with Crippen molar-refractivity contribution in [1.29, 1.82) is 0 Å². The van der Waals surface area contributed by atoms with E-state index in [4.69, 9.17) is 29.6 Å². The van der Waals surface area contributed by atoms with Gasteiger partial charge in [0, 0.05) is 5.69 Å². The van der Waals surface area contributed by atoms with E-state index < -0.39 is 0 Å². The summed E-state index contributed by atoms with van der Waals surface area (Å²) in [7, 11) is 0. The van der Waals surface area contributed by atoms with E-state index in [0.29, 0.717) is 10.6 Å². The Labute approximate surface area is 123 Å². The highest BCUT2D eigenvalue weighted by Crippen LogP contribution is 2.27. The van der Waals surface area contributed by atoms with Crippen LogP contribution in [-0.2, 0) is 0 Å². The lowest BCUT2D eigenvalue weighted by Gasteiger charge is -2.13. The van der Waals surface area contributed by atoms with E-state index in [0.717, 1.165) is 11.4 Å². The molecule has 2 aromatic rings. The number of halogens is 1. The molecule has 0 fully saturated rings. The molecule has 0 aliphatic rings. The first-order valence-corrected chi connectivity index (χ1v) is 6.69. The number of hydrogen-bond acceptors (Lipinski definition) is 2. The number of anilines is 2. The quantitative estimate of drug-likeness (QED) is 0.826. The molecule has 0 saturated carbocycles. The highest BCUT2D eigenvalue weighted by molar-refractivity contribution is 7.80. The van der Waals surface area contributed by atoms with Crippen molar-refractivity contribution in [2.45, 2.75) is 13.8 Å². The van der Waals surface area contributed by atoms with Gasteiger partial charge in [0.15, 0.2) is 0 Å². The molecule has 0 aliphatic carbocycles. The Morgan fingerprint density at radius 3 is 2.37 bits per heavy atom. The van der Waals surface area contributed by atoms with Crippen LogP contribution in [0, 0.1) is 13.8 Å². The van der Waals surface area contributed by atoms with E-state index in [1.165, 1.54) is 11.1 Å². The minimum Gasteiger partial charge on any atom is -0.389 e. The summed E-state index contributed by atoms with van der Waals surface area (Å²) in [5, 5.41) is 3.88. The fourth-order valence-electron chi connectivity index (χ4n) is 2.08. The Balaban J connectivity index is 2.43. The van der Waals surface area contributed by atoms with Gasteiger partial charge >= 0.3 is 0 Å². The number of rotatable bonds is 3. The van der Waals surface area contributed by atoms with Crippen LogP contribution in [0.4, 0.5) is 11.4 Å². The van der Waals surface area contributed by atoms with Crippen molar-refractivity contribution in [3.63, 3.8) is 0 Å². The highest BCUT2D eigenvalue weighted by Gasteiger charge is 2.10.